The Labute approximate surface area is 165 Å². The largest absolute Gasteiger partial charge is 0.372 e. The minimum absolute atomic E-state index is 0.101. The number of hydrazone groups is 1. The van der Waals surface area contributed by atoms with Crippen LogP contribution in [0.5, 0.6) is 0 Å². The van der Waals surface area contributed by atoms with Crippen molar-refractivity contribution in [2.24, 2.45) is 11.0 Å². The van der Waals surface area contributed by atoms with Crippen LogP contribution >= 0.6 is 0 Å². The molecular weight excluding hydrogens is 348 g/mol. The molecule has 3 rings (SSSR count). The molecule has 0 aliphatic carbocycles. The third kappa shape index (κ3) is 4.02. The van der Waals surface area contributed by atoms with Gasteiger partial charge in [0.1, 0.15) is 0 Å². The van der Waals surface area contributed by atoms with E-state index in [0.29, 0.717) is 11.1 Å². The lowest BCUT2D eigenvalue weighted by atomic mass is 9.85. The molecule has 28 heavy (non-hydrogen) atoms. The number of carbonyl (C=O) groups excluding carboxylic acids is 1. The van der Waals surface area contributed by atoms with Gasteiger partial charge in [-0.25, -0.2) is 5.43 Å². The van der Waals surface area contributed by atoms with Gasteiger partial charge in [-0.15, -0.1) is 0 Å². The van der Waals surface area contributed by atoms with Crippen LogP contribution < -0.4 is 5.43 Å². The van der Waals surface area contributed by atoms with Crippen molar-refractivity contribution in [1.29, 1.82) is 0 Å². The SMILES string of the molecule is CC(C)/C(=N\NC(=O)C(O)(c1ccccc1)c1ccccc1)c1ccccc1. The second kappa shape index (κ2) is 8.63. The Morgan fingerprint density at radius 1 is 0.821 bits per heavy atom. The lowest BCUT2D eigenvalue weighted by molar-refractivity contribution is -0.136. The molecule has 0 bridgehead atoms. The Kier molecular flexibility index (Phi) is 6.02. The summed E-state index contributed by atoms with van der Waals surface area (Å²) in [4.78, 5) is 13.2. The second-order valence-electron chi connectivity index (χ2n) is 6.90. The van der Waals surface area contributed by atoms with Crippen LogP contribution in [0.25, 0.3) is 0 Å². The van der Waals surface area contributed by atoms with E-state index in [-0.39, 0.29) is 5.92 Å². The van der Waals surface area contributed by atoms with E-state index in [1.165, 1.54) is 0 Å². The number of nitrogens with zero attached hydrogens (tertiary/aromatic N) is 1. The number of benzene rings is 3. The van der Waals surface area contributed by atoms with Gasteiger partial charge in [0.15, 0.2) is 5.60 Å². The maximum atomic E-state index is 13.2. The van der Waals surface area contributed by atoms with Gasteiger partial charge >= 0.3 is 0 Å². The van der Waals surface area contributed by atoms with Crippen molar-refractivity contribution in [2.75, 3.05) is 0 Å². The quantitative estimate of drug-likeness (QED) is 0.505. The molecule has 3 aromatic carbocycles. The molecule has 0 aromatic heterocycles. The van der Waals surface area contributed by atoms with Crippen LogP contribution in [0.15, 0.2) is 96.1 Å². The highest BCUT2D eigenvalue weighted by molar-refractivity contribution is 6.02. The highest BCUT2D eigenvalue weighted by atomic mass is 16.3. The lowest BCUT2D eigenvalue weighted by Crippen LogP contribution is -2.44. The van der Waals surface area contributed by atoms with E-state index in [1.807, 2.05) is 56.3 Å². The molecule has 2 N–H and O–H groups in total. The Morgan fingerprint density at radius 2 is 1.25 bits per heavy atom. The molecule has 4 heteroatoms. The molecule has 3 aromatic rings. The predicted molar refractivity (Wildman–Crippen MR) is 112 cm³/mol. The molecule has 0 saturated heterocycles. The van der Waals surface area contributed by atoms with E-state index in [4.69, 9.17) is 0 Å². The van der Waals surface area contributed by atoms with Crippen LogP contribution in [0.1, 0.15) is 30.5 Å². The lowest BCUT2D eigenvalue weighted by Gasteiger charge is -2.27. The third-order valence-corrected chi connectivity index (χ3v) is 4.61. The molecule has 1 amide bonds. The predicted octanol–water partition coefficient (Wildman–Crippen LogP) is 4.10. The number of aliphatic hydroxyl groups is 1. The summed E-state index contributed by atoms with van der Waals surface area (Å²) >= 11 is 0. The molecule has 0 fully saturated rings. The summed E-state index contributed by atoms with van der Waals surface area (Å²) < 4.78 is 0. The number of hydrogen-bond acceptors (Lipinski definition) is 3. The third-order valence-electron chi connectivity index (χ3n) is 4.61. The second-order valence-corrected chi connectivity index (χ2v) is 6.90. The first-order valence-electron chi connectivity index (χ1n) is 9.30. The fraction of sp³-hybridized carbons (Fsp3) is 0.167. The topological polar surface area (TPSA) is 61.7 Å². The zero-order valence-electron chi connectivity index (χ0n) is 16.0. The molecule has 0 radical (unpaired) electrons. The highest BCUT2D eigenvalue weighted by Crippen LogP contribution is 2.29. The maximum absolute atomic E-state index is 13.2. The number of hydrogen-bond donors (Lipinski definition) is 2. The molecule has 0 atom stereocenters. The smallest absolute Gasteiger partial charge is 0.281 e. The molecule has 142 valence electrons. The normalized spacial score (nSPS) is 12.1. The van der Waals surface area contributed by atoms with E-state index in [0.717, 1.165) is 11.3 Å². The summed E-state index contributed by atoms with van der Waals surface area (Å²) in [6.45, 7) is 4.02. The Bertz CT molecular complexity index is 897. The number of carbonyl (C=O) groups is 1. The average Bonchev–Trinajstić information content (AvgIpc) is 2.75. The standard InChI is InChI=1S/C24H24N2O2/c1-18(2)22(19-12-6-3-7-13-19)25-26-23(27)24(28,20-14-8-4-9-15-20)21-16-10-5-11-17-21/h3-18,28H,1-2H3,(H,26,27)/b25-22+. The van der Waals surface area contributed by atoms with Gasteiger partial charge in [-0.05, 0) is 22.6 Å². The fourth-order valence-electron chi connectivity index (χ4n) is 3.12. The van der Waals surface area contributed by atoms with E-state index in [2.05, 4.69) is 10.5 Å². The van der Waals surface area contributed by atoms with Gasteiger partial charge in [-0.2, -0.15) is 5.10 Å². The van der Waals surface area contributed by atoms with Crippen LogP contribution in [0.3, 0.4) is 0 Å². The minimum atomic E-state index is -1.84. The van der Waals surface area contributed by atoms with Gasteiger partial charge in [-0.3, -0.25) is 4.79 Å². The van der Waals surface area contributed by atoms with Gasteiger partial charge in [0, 0.05) is 0 Å². The van der Waals surface area contributed by atoms with Crippen molar-refractivity contribution in [2.45, 2.75) is 19.4 Å². The van der Waals surface area contributed by atoms with Crippen LogP contribution in [0, 0.1) is 5.92 Å². The van der Waals surface area contributed by atoms with Gasteiger partial charge in [0.05, 0.1) is 5.71 Å². The van der Waals surface area contributed by atoms with Gasteiger partial charge in [-0.1, -0.05) is 105 Å². The maximum Gasteiger partial charge on any atom is 0.281 e. The van der Waals surface area contributed by atoms with E-state index >= 15 is 0 Å². The molecule has 4 nitrogen and oxygen atoms in total. The summed E-state index contributed by atoms with van der Waals surface area (Å²) in [6, 6.07) is 27.5. The first-order chi connectivity index (χ1) is 13.5. The summed E-state index contributed by atoms with van der Waals surface area (Å²) in [5.74, 6) is -0.497. The van der Waals surface area contributed by atoms with Crippen molar-refractivity contribution in [3.63, 3.8) is 0 Å². The van der Waals surface area contributed by atoms with E-state index in [1.54, 1.807) is 48.5 Å². The van der Waals surface area contributed by atoms with Crippen molar-refractivity contribution in [3.8, 4) is 0 Å². The molecule has 0 spiro atoms. The fourth-order valence-corrected chi connectivity index (χ4v) is 3.12. The van der Waals surface area contributed by atoms with Crippen LogP contribution in [-0.4, -0.2) is 16.7 Å². The van der Waals surface area contributed by atoms with Crippen molar-refractivity contribution in [1.82, 2.24) is 5.43 Å². The average molecular weight is 372 g/mol. The molecule has 0 heterocycles. The van der Waals surface area contributed by atoms with Crippen LogP contribution in [-0.2, 0) is 10.4 Å². The Morgan fingerprint density at radius 3 is 1.68 bits per heavy atom. The van der Waals surface area contributed by atoms with Crippen molar-refractivity contribution in [3.05, 3.63) is 108 Å². The summed E-state index contributed by atoms with van der Waals surface area (Å²) in [6.07, 6.45) is 0. The summed E-state index contributed by atoms with van der Waals surface area (Å²) in [7, 11) is 0. The molecule has 0 saturated carbocycles. The van der Waals surface area contributed by atoms with Crippen LogP contribution in [0.2, 0.25) is 0 Å². The number of amides is 1. The van der Waals surface area contributed by atoms with Gasteiger partial charge in [0.2, 0.25) is 0 Å². The monoisotopic (exact) mass is 372 g/mol. The van der Waals surface area contributed by atoms with E-state index < -0.39 is 11.5 Å². The van der Waals surface area contributed by atoms with Gasteiger partial charge < -0.3 is 5.11 Å². The summed E-state index contributed by atoms with van der Waals surface area (Å²) in [5.41, 5.74) is 3.41. The zero-order valence-corrected chi connectivity index (χ0v) is 16.0. The zero-order chi connectivity index (χ0) is 20.0. The minimum Gasteiger partial charge on any atom is -0.372 e. The Hall–Kier alpha value is -3.24. The van der Waals surface area contributed by atoms with E-state index in [9.17, 15) is 9.90 Å². The van der Waals surface area contributed by atoms with Crippen molar-refractivity contribution >= 4 is 11.6 Å². The molecular formula is C24H24N2O2. The summed E-state index contributed by atoms with van der Waals surface area (Å²) in [5, 5.41) is 15.8. The highest BCUT2D eigenvalue weighted by Gasteiger charge is 2.40. The van der Waals surface area contributed by atoms with Crippen molar-refractivity contribution < 1.29 is 9.90 Å². The van der Waals surface area contributed by atoms with Crippen LogP contribution in [0.4, 0.5) is 0 Å². The van der Waals surface area contributed by atoms with Gasteiger partial charge in [0.25, 0.3) is 5.91 Å². The number of rotatable bonds is 6. The first kappa shape index (κ1) is 19.5. The molecule has 0 aliphatic rings. The first-order valence-corrected chi connectivity index (χ1v) is 9.30. The number of nitrogens with one attached hydrogen (secondary N) is 1. The molecule has 0 aliphatic heterocycles. The Balaban J connectivity index is 1.99. The molecule has 0 unspecified atom stereocenters.